The van der Waals surface area contributed by atoms with E-state index in [2.05, 4.69) is 30.6 Å². The molecule has 0 amide bonds. The predicted octanol–water partition coefficient (Wildman–Crippen LogP) is 1.84. The Morgan fingerprint density at radius 3 is 1.62 bits per heavy atom. The maximum Gasteiger partial charge on any atom is 0.234 e. The van der Waals surface area contributed by atoms with E-state index < -0.39 is 0 Å². The van der Waals surface area contributed by atoms with Gasteiger partial charge in [0.15, 0.2) is 11.6 Å². The molecule has 5 aromatic rings. The third kappa shape index (κ3) is 2.74. The van der Waals surface area contributed by atoms with Crippen molar-refractivity contribution in [1.29, 1.82) is 0 Å². The summed E-state index contributed by atoms with van der Waals surface area (Å²) in [6.07, 6.45) is 0. The fraction of sp³-hybridized carbons (Fsp3) is 0.143. The van der Waals surface area contributed by atoms with Crippen LogP contribution >= 0.6 is 22.7 Å². The monoisotopic (exact) mass is 386 g/mol. The van der Waals surface area contributed by atoms with E-state index in [1.807, 2.05) is 24.3 Å². The van der Waals surface area contributed by atoms with Crippen LogP contribution in [0, 0.1) is 0 Å². The Morgan fingerprint density at radius 2 is 1.15 bits per heavy atom. The molecular weight excluding hydrogens is 376 g/mol. The topological polar surface area (TPSA) is 105 Å². The molecule has 0 unspecified atom stereocenters. The van der Waals surface area contributed by atoms with Crippen molar-refractivity contribution < 1.29 is 9.47 Å². The minimum Gasteiger partial charge on any atom is -0.486 e. The summed E-state index contributed by atoms with van der Waals surface area (Å²) in [5.74, 6) is 2.71. The van der Waals surface area contributed by atoms with Gasteiger partial charge in [0.05, 0.1) is 0 Å². The average Bonchev–Trinajstić information content (AvgIpc) is 3.41. The van der Waals surface area contributed by atoms with Gasteiger partial charge in [0, 0.05) is 0 Å². The molecule has 0 aliphatic rings. The molecule has 1 aromatic carbocycles. The van der Waals surface area contributed by atoms with Gasteiger partial charge in [-0.1, -0.05) is 22.7 Å². The molecule has 26 heavy (non-hydrogen) atoms. The number of hydrogen-bond acceptors (Lipinski definition) is 10. The summed E-state index contributed by atoms with van der Waals surface area (Å²) in [5, 5.41) is 24.5. The number of nitrogens with zero attached hydrogens (tertiary/aromatic N) is 8. The summed E-state index contributed by atoms with van der Waals surface area (Å²) in [7, 11) is 0. The molecule has 0 aliphatic heterocycles. The lowest BCUT2D eigenvalue weighted by Gasteiger charge is -2.07. The number of aromatic nitrogens is 8. The number of rotatable bonds is 6. The van der Waals surface area contributed by atoms with Gasteiger partial charge in [0.2, 0.25) is 9.92 Å². The van der Waals surface area contributed by atoms with Gasteiger partial charge in [-0.3, -0.25) is 0 Å². The molecule has 0 N–H and O–H groups in total. The molecule has 0 saturated carbocycles. The second-order valence-corrected chi connectivity index (χ2v) is 6.77. The highest BCUT2D eigenvalue weighted by molar-refractivity contribution is 7.15. The Morgan fingerprint density at radius 1 is 0.692 bits per heavy atom. The van der Waals surface area contributed by atoms with E-state index in [0.717, 1.165) is 9.92 Å². The number of benzene rings is 1. The van der Waals surface area contributed by atoms with Gasteiger partial charge < -0.3 is 9.47 Å². The van der Waals surface area contributed by atoms with Crippen LogP contribution in [-0.4, -0.2) is 39.6 Å². The van der Waals surface area contributed by atoms with Crippen molar-refractivity contribution in [3.05, 3.63) is 46.9 Å². The molecule has 0 saturated heterocycles. The van der Waals surface area contributed by atoms with E-state index >= 15 is 0 Å². The fourth-order valence-corrected chi connectivity index (χ4v) is 3.47. The molecule has 0 fully saturated rings. The van der Waals surface area contributed by atoms with Crippen LogP contribution < -0.4 is 9.47 Å². The van der Waals surface area contributed by atoms with Crippen LogP contribution in [0.25, 0.3) is 9.92 Å². The largest absolute Gasteiger partial charge is 0.486 e. The van der Waals surface area contributed by atoms with Gasteiger partial charge in [-0.25, -0.2) is 0 Å². The summed E-state index contributed by atoms with van der Waals surface area (Å²) < 4.78 is 14.8. The summed E-state index contributed by atoms with van der Waals surface area (Å²) in [4.78, 5) is 1.49. The van der Waals surface area contributed by atoms with Crippen molar-refractivity contribution in [3.8, 4) is 11.5 Å². The highest BCUT2D eigenvalue weighted by Crippen LogP contribution is 2.20. The summed E-state index contributed by atoms with van der Waals surface area (Å²) in [6.45, 7) is 0.569. The molecule has 130 valence electrons. The highest BCUT2D eigenvalue weighted by atomic mass is 32.1. The molecule has 0 radical (unpaired) electrons. The van der Waals surface area contributed by atoms with Gasteiger partial charge in [0.1, 0.15) is 35.7 Å². The van der Waals surface area contributed by atoms with E-state index in [1.54, 1.807) is 20.1 Å². The molecule has 4 heterocycles. The molecular formula is C14H10N8O2S2. The maximum atomic E-state index is 5.73. The van der Waals surface area contributed by atoms with Crippen LogP contribution in [0.3, 0.4) is 0 Å². The van der Waals surface area contributed by atoms with Crippen LogP contribution in [0.5, 0.6) is 11.5 Å². The van der Waals surface area contributed by atoms with Crippen LogP contribution in [-0.2, 0) is 13.2 Å². The van der Waals surface area contributed by atoms with Gasteiger partial charge in [0.25, 0.3) is 0 Å². The van der Waals surface area contributed by atoms with Crippen LogP contribution in [0.15, 0.2) is 35.3 Å². The van der Waals surface area contributed by atoms with E-state index in [4.69, 9.17) is 9.47 Å². The van der Waals surface area contributed by atoms with E-state index in [-0.39, 0.29) is 13.2 Å². The van der Waals surface area contributed by atoms with Crippen molar-refractivity contribution >= 4 is 32.6 Å². The molecule has 0 aliphatic carbocycles. The molecule has 0 bridgehead atoms. The summed E-state index contributed by atoms with van der Waals surface area (Å²) in [6, 6.07) is 7.32. The molecule has 5 rings (SSSR count). The van der Waals surface area contributed by atoms with Crippen molar-refractivity contribution in [3.63, 3.8) is 0 Å². The first-order valence-electron chi connectivity index (χ1n) is 7.50. The van der Waals surface area contributed by atoms with E-state index in [0.29, 0.717) is 23.1 Å². The molecule has 0 atom stereocenters. The van der Waals surface area contributed by atoms with Crippen molar-refractivity contribution in [2.24, 2.45) is 0 Å². The first-order chi connectivity index (χ1) is 12.9. The Hall–Kier alpha value is -3.12. The normalized spacial score (nSPS) is 11.4. The third-order valence-electron chi connectivity index (χ3n) is 3.55. The lowest BCUT2D eigenvalue weighted by Crippen LogP contribution is -2.03. The molecule has 10 nitrogen and oxygen atoms in total. The number of hydrogen-bond donors (Lipinski definition) is 0. The molecule has 4 aromatic heterocycles. The predicted molar refractivity (Wildman–Crippen MR) is 92.4 cm³/mol. The van der Waals surface area contributed by atoms with Crippen LogP contribution in [0.4, 0.5) is 0 Å². The van der Waals surface area contributed by atoms with E-state index in [9.17, 15) is 0 Å². The zero-order chi connectivity index (χ0) is 17.3. The standard InChI is InChI=1S/C14H10N8O2S2/c1-2-10(24-6-12-18-20-14-22(12)16-8-26-14)4-3-9(1)23-5-11-17-19-13-21(11)15-7-25-13/h1-4,7-8H,5-6H2. The van der Waals surface area contributed by atoms with Gasteiger partial charge in [-0.15, -0.1) is 20.4 Å². The van der Waals surface area contributed by atoms with Gasteiger partial charge in [-0.2, -0.15) is 19.2 Å². The zero-order valence-corrected chi connectivity index (χ0v) is 14.7. The summed E-state index contributed by atoms with van der Waals surface area (Å²) in [5.41, 5.74) is 3.43. The van der Waals surface area contributed by atoms with Crippen molar-refractivity contribution in [1.82, 2.24) is 39.6 Å². The van der Waals surface area contributed by atoms with Crippen LogP contribution in [0.1, 0.15) is 11.6 Å². The average molecular weight is 386 g/mol. The zero-order valence-electron chi connectivity index (χ0n) is 13.1. The first kappa shape index (κ1) is 15.2. The smallest absolute Gasteiger partial charge is 0.234 e. The van der Waals surface area contributed by atoms with Crippen molar-refractivity contribution in [2.75, 3.05) is 0 Å². The van der Waals surface area contributed by atoms with E-state index in [1.165, 1.54) is 22.7 Å². The second-order valence-electron chi connectivity index (χ2n) is 5.15. The quantitative estimate of drug-likeness (QED) is 0.435. The minimum atomic E-state index is 0.284. The third-order valence-corrected chi connectivity index (χ3v) is 4.88. The Bertz CT molecular complexity index is 1070. The lowest BCUT2D eigenvalue weighted by atomic mass is 10.3. The lowest BCUT2D eigenvalue weighted by molar-refractivity contribution is 0.284. The SMILES string of the molecule is c1nn2c(COc3ccc(OCc4nnc5scnn45)cc3)nnc2s1. The van der Waals surface area contributed by atoms with Gasteiger partial charge >= 0.3 is 0 Å². The maximum absolute atomic E-state index is 5.73. The Kier molecular flexibility index (Phi) is 3.68. The number of fused-ring (bicyclic) bond motifs is 2. The highest BCUT2D eigenvalue weighted by Gasteiger charge is 2.10. The van der Waals surface area contributed by atoms with Crippen LogP contribution in [0.2, 0.25) is 0 Å². The van der Waals surface area contributed by atoms with Gasteiger partial charge in [-0.05, 0) is 24.3 Å². The first-order valence-corrected chi connectivity index (χ1v) is 9.26. The number of ether oxygens (including phenoxy) is 2. The van der Waals surface area contributed by atoms with Crippen molar-refractivity contribution in [2.45, 2.75) is 13.2 Å². The summed E-state index contributed by atoms with van der Waals surface area (Å²) >= 11 is 2.86. The Labute approximate surface area is 153 Å². The minimum absolute atomic E-state index is 0.284. The second kappa shape index (κ2) is 6.31. The molecule has 0 spiro atoms. The molecule has 12 heteroatoms. The fourth-order valence-electron chi connectivity index (χ4n) is 2.31. The Balaban J connectivity index is 1.21.